The van der Waals surface area contributed by atoms with Crippen molar-refractivity contribution in [1.82, 2.24) is 0 Å². The predicted octanol–water partition coefficient (Wildman–Crippen LogP) is -1.20. The molecule has 0 rings (SSSR count). The minimum atomic E-state index is -6.03. The first-order chi connectivity index (χ1) is 5.97. The van der Waals surface area contributed by atoms with Crippen molar-refractivity contribution in [3.05, 3.63) is 0 Å². The average Bonchev–Trinajstić information content (AvgIpc) is 2.26. The second-order valence-corrected chi connectivity index (χ2v) is 7.00. The fraction of sp³-hybridized carbons (Fsp3) is 0. The minimum absolute atomic E-state index is 0. The van der Waals surface area contributed by atoms with Crippen LogP contribution >= 0.6 is 0 Å². The molecule has 6 nitrogen and oxygen atoms in total. The molecule has 0 saturated carbocycles. The molecule has 0 aromatic heterocycles. The van der Waals surface area contributed by atoms with Gasteiger partial charge in [-0.15, -0.1) is 0 Å². The molecule has 0 saturated heterocycles. The van der Waals surface area contributed by atoms with Crippen molar-refractivity contribution in [2.45, 2.75) is 0 Å². The Labute approximate surface area is 170 Å². The van der Waals surface area contributed by atoms with Crippen molar-refractivity contribution in [2.24, 2.45) is 0 Å². The van der Waals surface area contributed by atoms with E-state index in [1.807, 2.05) is 0 Å². The Morgan fingerprint density at radius 2 is 0.600 bits per heavy atom. The molecule has 0 aliphatic carbocycles. The molecular formula is C6H2CoK2N6. The molecule has 0 aliphatic rings. The molecule has 0 unspecified atom stereocenters. The van der Waals surface area contributed by atoms with E-state index >= 15 is 0 Å². The third kappa shape index (κ3) is 2.52. The summed E-state index contributed by atoms with van der Waals surface area (Å²) in [6, 6.07) is 0. The van der Waals surface area contributed by atoms with Gasteiger partial charge in [0.05, 0.1) is 0 Å². The molecule has 0 bridgehead atoms. The van der Waals surface area contributed by atoms with E-state index < -0.39 is 10.5 Å². The summed E-state index contributed by atoms with van der Waals surface area (Å²) in [6.07, 6.45) is 0. The number of rotatable bonds is 0. The quantitative estimate of drug-likeness (QED) is 0.513. The maximum atomic E-state index is 8.58. The Bertz CT molecular complexity index is 395. The molecule has 0 aromatic rings. The second kappa shape index (κ2) is 5.87. The SMILES string of the molecule is N#[C][Co]([C]#N)([C]#N)([C]#N)([C]#N)[C]#N.[KH].[KH]. The van der Waals surface area contributed by atoms with Crippen LogP contribution in [0.3, 0.4) is 0 Å². The number of nitrogens with zero attached hydrogens (tertiary/aromatic N) is 6. The predicted molar refractivity (Wildman–Crippen MR) is 48.0 cm³/mol. The van der Waals surface area contributed by atoms with E-state index in [-0.39, 0.29) is 103 Å². The summed E-state index contributed by atoms with van der Waals surface area (Å²) >= 11 is 0. The van der Waals surface area contributed by atoms with Crippen molar-refractivity contribution in [1.29, 1.82) is 31.6 Å². The van der Waals surface area contributed by atoms with E-state index in [9.17, 15) is 0 Å². The first-order valence-electron chi connectivity index (χ1n) is 2.34. The third-order valence-electron chi connectivity index (χ3n) is 1.12. The molecule has 67 valence electrons. The zero-order valence-corrected chi connectivity index (χ0v) is 7.06. The van der Waals surface area contributed by atoms with Gasteiger partial charge in [0, 0.05) is 0 Å². The molecular weight excluding hydrogens is 293 g/mol. The maximum absolute atomic E-state index is 8.58. The van der Waals surface area contributed by atoms with Crippen LogP contribution in [0.5, 0.6) is 0 Å². The standard InChI is InChI=1S/6CN.Co.2K.2H/c6*1-2;;;;;. The average molecular weight is 295 g/mol. The summed E-state index contributed by atoms with van der Waals surface area (Å²) in [7, 11) is -6.03. The fourth-order valence-corrected chi connectivity index (χ4v) is 1.03. The van der Waals surface area contributed by atoms with Crippen LogP contribution in [0.4, 0.5) is 0 Å². The Morgan fingerprint density at radius 1 is 0.467 bits per heavy atom. The third-order valence-corrected chi connectivity index (χ3v) is 4.61. The zero-order valence-electron chi connectivity index (χ0n) is 6.02. The molecule has 15 heavy (non-hydrogen) atoms. The number of hydrogen-bond acceptors (Lipinski definition) is 6. The van der Waals surface area contributed by atoms with Crippen molar-refractivity contribution < 1.29 is 10.5 Å². The molecule has 0 radical (unpaired) electrons. The summed E-state index contributed by atoms with van der Waals surface area (Å²) in [6.45, 7) is 0. The Morgan fingerprint density at radius 3 is 0.600 bits per heavy atom. The van der Waals surface area contributed by atoms with Gasteiger partial charge in [-0.05, 0) is 0 Å². The van der Waals surface area contributed by atoms with Gasteiger partial charge in [0.25, 0.3) is 0 Å². The molecule has 0 fully saturated rings. The van der Waals surface area contributed by atoms with E-state index in [4.69, 9.17) is 31.6 Å². The van der Waals surface area contributed by atoms with E-state index in [1.165, 1.54) is 0 Å². The summed E-state index contributed by atoms with van der Waals surface area (Å²) in [5.41, 5.74) is 0. The van der Waals surface area contributed by atoms with Crippen LogP contribution in [0.1, 0.15) is 0 Å². The van der Waals surface area contributed by atoms with E-state index in [2.05, 4.69) is 0 Å². The van der Waals surface area contributed by atoms with Gasteiger partial charge in [0.2, 0.25) is 0 Å². The summed E-state index contributed by atoms with van der Waals surface area (Å²) in [4.78, 5) is 0. The summed E-state index contributed by atoms with van der Waals surface area (Å²) in [5, 5.41) is 57.6. The molecule has 0 spiro atoms. The van der Waals surface area contributed by atoms with Gasteiger partial charge in [0.15, 0.2) is 0 Å². The van der Waals surface area contributed by atoms with Crippen molar-refractivity contribution in [3.63, 3.8) is 0 Å². The summed E-state index contributed by atoms with van der Waals surface area (Å²) < 4.78 is 0. The molecule has 0 heterocycles. The molecule has 0 atom stereocenters. The topological polar surface area (TPSA) is 143 Å². The van der Waals surface area contributed by atoms with Gasteiger partial charge in [-0.3, -0.25) is 0 Å². The van der Waals surface area contributed by atoms with Crippen LogP contribution in [-0.2, 0) is 10.5 Å². The van der Waals surface area contributed by atoms with E-state index in [1.54, 1.807) is 0 Å². The van der Waals surface area contributed by atoms with Crippen LogP contribution in [0.2, 0.25) is 0 Å². The van der Waals surface area contributed by atoms with Gasteiger partial charge < -0.3 is 0 Å². The van der Waals surface area contributed by atoms with Crippen LogP contribution in [0, 0.1) is 61.6 Å². The van der Waals surface area contributed by atoms with Crippen LogP contribution in [0.25, 0.3) is 0 Å². The molecule has 0 aromatic carbocycles. The first kappa shape index (κ1) is 21.1. The van der Waals surface area contributed by atoms with Gasteiger partial charge in [0.1, 0.15) is 0 Å². The molecule has 0 N–H and O–H groups in total. The number of nitriles is 6. The number of hydrogen-bond donors (Lipinski definition) is 0. The molecule has 0 aliphatic heterocycles. The van der Waals surface area contributed by atoms with E-state index in [0.29, 0.717) is 0 Å². The normalized spacial score (nSPS) is 11.6. The monoisotopic (exact) mass is 295 g/mol. The van der Waals surface area contributed by atoms with Crippen molar-refractivity contribution in [3.8, 4) is 30.0 Å². The second-order valence-electron chi connectivity index (χ2n) is 1.70. The van der Waals surface area contributed by atoms with Gasteiger partial charge in [-0.25, -0.2) is 0 Å². The Balaban J connectivity index is -0.000000720. The summed E-state index contributed by atoms with van der Waals surface area (Å²) in [5.74, 6) is 0. The first-order valence-corrected chi connectivity index (χ1v) is 5.46. The van der Waals surface area contributed by atoms with Crippen LogP contribution in [0.15, 0.2) is 0 Å². The van der Waals surface area contributed by atoms with Gasteiger partial charge in [-0.1, -0.05) is 0 Å². The van der Waals surface area contributed by atoms with Crippen molar-refractivity contribution in [2.75, 3.05) is 0 Å². The fourth-order valence-electron chi connectivity index (χ4n) is 0.250. The van der Waals surface area contributed by atoms with Crippen molar-refractivity contribution >= 4 is 103 Å². The molecule has 9 heteroatoms. The van der Waals surface area contributed by atoms with Gasteiger partial charge >= 0.3 is 175 Å². The Hall–Kier alpha value is 0.719. The van der Waals surface area contributed by atoms with Gasteiger partial charge in [-0.2, -0.15) is 0 Å². The zero-order chi connectivity index (χ0) is 10.7. The molecule has 0 amide bonds. The van der Waals surface area contributed by atoms with Crippen LogP contribution in [-0.4, -0.2) is 103 Å². The van der Waals surface area contributed by atoms with Crippen LogP contribution < -0.4 is 0 Å². The Kier molecular flexibility index (Phi) is 8.24. The van der Waals surface area contributed by atoms with E-state index in [0.717, 1.165) is 30.0 Å².